The Kier molecular flexibility index (Phi) is 3.84. The zero-order chi connectivity index (χ0) is 15.6. The standard InChI is InChI=1S/C14H10F4N2O/c15-11-7-8(19)5-6-12(11)20-13(21)9-3-1-2-4-10(9)14(16,17)18/h1-7H,19H2,(H,20,21). The molecule has 0 radical (unpaired) electrons. The van der Waals surface area contributed by atoms with Crippen LogP contribution >= 0.6 is 0 Å². The molecule has 0 aliphatic rings. The molecule has 0 bridgehead atoms. The first-order chi connectivity index (χ1) is 9.79. The molecule has 0 saturated carbocycles. The number of hydrogen-bond acceptors (Lipinski definition) is 2. The van der Waals surface area contributed by atoms with Crippen LogP contribution in [0.15, 0.2) is 42.5 Å². The summed E-state index contributed by atoms with van der Waals surface area (Å²) in [5.74, 6) is -1.88. The molecule has 3 N–H and O–H groups in total. The second kappa shape index (κ2) is 5.43. The number of halogens is 4. The van der Waals surface area contributed by atoms with Crippen LogP contribution in [-0.2, 0) is 6.18 Å². The molecule has 0 aliphatic heterocycles. The second-order valence-corrected chi connectivity index (χ2v) is 4.24. The van der Waals surface area contributed by atoms with E-state index >= 15 is 0 Å². The van der Waals surface area contributed by atoms with Crippen LogP contribution in [0.4, 0.5) is 28.9 Å². The van der Waals surface area contributed by atoms with Crippen LogP contribution < -0.4 is 11.1 Å². The average molecular weight is 298 g/mol. The highest BCUT2D eigenvalue weighted by molar-refractivity contribution is 6.05. The first-order valence-electron chi connectivity index (χ1n) is 5.81. The van der Waals surface area contributed by atoms with Crippen LogP contribution in [0.5, 0.6) is 0 Å². The Labute approximate surface area is 117 Å². The summed E-state index contributed by atoms with van der Waals surface area (Å²) in [5, 5.41) is 2.10. The van der Waals surface area contributed by atoms with Gasteiger partial charge in [0, 0.05) is 5.69 Å². The van der Waals surface area contributed by atoms with E-state index in [1.54, 1.807) is 0 Å². The van der Waals surface area contributed by atoms with Gasteiger partial charge in [0.2, 0.25) is 0 Å². The van der Waals surface area contributed by atoms with Gasteiger partial charge in [0.1, 0.15) is 5.82 Å². The third kappa shape index (κ3) is 3.31. The smallest absolute Gasteiger partial charge is 0.399 e. The predicted molar refractivity (Wildman–Crippen MR) is 70.2 cm³/mol. The molecular weight excluding hydrogens is 288 g/mol. The summed E-state index contributed by atoms with van der Waals surface area (Å²) < 4.78 is 52.0. The number of hydrogen-bond donors (Lipinski definition) is 2. The summed E-state index contributed by atoms with van der Waals surface area (Å²) in [6, 6.07) is 7.74. The number of benzene rings is 2. The van der Waals surface area contributed by atoms with Gasteiger partial charge in [-0.05, 0) is 30.3 Å². The number of rotatable bonds is 2. The molecular formula is C14H10F4N2O. The van der Waals surface area contributed by atoms with Crippen molar-refractivity contribution in [2.24, 2.45) is 0 Å². The van der Waals surface area contributed by atoms with Gasteiger partial charge in [-0.25, -0.2) is 4.39 Å². The zero-order valence-electron chi connectivity index (χ0n) is 10.5. The van der Waals surface area contributed by atoms with Crippen molar-refractivity contribution in [3.63, 3.8) is 0 Å². The van der Waals surface area contributed by atoms with Crippen molar-refractivity contribution in [3.8, 4) is 0 Å². The number of alkyl halides is 3. The summed E-state index contributed by atoms with van der Waals surface area (Å²) >= 11 is 0. The van der Waals surface area contributed by atoms with Crippen molar-refractivity contribution >= 4 is 17.3 Å². The molecule has 0 saturated heterocycles. The van der Waals surface area contributed by atoms with E-state index in [-0.39, 0.29) is 11.4 Å². The molecule has 3 nitrogen and oxygen atoms in total. The van der Waals surface area contributed by atoms with Gasteiger partial charge in [0.15, 0.2) is 0 Å². The molecule has 0 aromatic heterocycles. The monoisotopic (exact) mass is 298 g/mol. The van der Waals surface area contributed by atoms with Crippen LogP contribution in [-0.4, -0.2) is 5.91 Å². The SMILES string of the molecule is Nc1ccc(NC(=O)c2ccccc2C(F)(F)F)c(F)c1. The first-order valence-corrected chi connectivity index (χ1v) is 5.81. The molecule has 7 heteroatoms. The molecule has 0 heterocycles. The molecule has 21 heavy (non-hydrogen) atoms. The lowest BCUT2D eigenvalue weighted by Gasteiger charge is -2.13. The predicted octanol–water partition coefficient (Wildman–Crippen LogP) is 3.68. The highest BCUT2D eigenvalue weighted by Gasteiger charge is 2.34. The minimum atomic E-state index is -4.67. The molecule has 2 rings (SSSR count). The Morgan fingerprint density at radius 2 is 1.76 bits per heavy atom. The fourth-order valence-corrected chi connectivity index (χ4v) is 1.75. The molecule has 0 spiro atoms. The normalized spacial score (nSPS) is 11.2. The Balaban J connectivity index is 2.33. The van der Waals surface area contributed by atoms with Crippen LogP contribution in [0.1, 0.15) is 15.9 Å². The highest BCUT2D eigenvalue weighted by Crippen LogP contribution is 2.32. The van der Waals surface area contributed by atoms with Crippen molar-refractivity contribution in [1.82, 2.24) is 0 Å². The van der Waals surface area contributed by atoms with Gasteiger partial charge in [-0.15, -0.1) is 0 Å². The molecule has 110 valence electrons. The topological polar surface area (TPSA) is 55.1 Å². The fraction of sp³-hybridized carbons (Fsp3) is 0.0714. The second-order valence-electron chi connectivity index (χ2n) is 4.24. The number of carbonyl (C=O) groups is 1. The van der Waals surface area contributed by atoms with E-state index in [0.29, 0.717) is 0 Å². The molecule has 0 fully saturated rings. The van der Waals surface area contributed by atoms with Crippen molar-refractivity contribution < 1.29 is 22.4 Å². The molecule has 0 unspecified atom stereocenters. The van der Waals surface area contributed by atoms with E-state index in [9.17, 15) is 22.4 Å². The Hall–Kier alpha value is -2.57. The molecule has 2 aromatic rings. The number of anilines is 2. The van der Waals surface area contributed by atoms with Crippen LogP contribution in [0.2, 0.25) is 0 Å². The van der Waals surface area contributed by atoms with Crippen molar-refractivity contribution in [2.45, 2.75) is 6.18 Å². The van der Waals surface area contributed by atoms with Gasteiger partial charge in [-0.1, -0.05) is 12.1 Å². The van der Waals surface area contributed by atoms with Gasteiger partial charge < -0.3 is 11.1 Å². The number of amides is 1. The van der Waals surface area contributed by atoms with Crippen molar-refractivity contribution in [3.05, 3.63) is 59.4 Å². The summed E-state index contributed by atoms with van der Waals surface area (Å²) in [6.07, 6.45) is -4.67. The molecule has 0 aliphatic carbocycles. The summed E-state index contributed by atoms with van der Waals surface area (Å²) in [4.78, 5) is 11.9. The van der Waals surface area contributed by atoms with E-state index in [2.05, 4.69) is 5.32 Å². The lowest BCUT2D eigenvalue weighted by Crippen LogP contribution is -2.19. The van der Waals surface area contributed by atoms with Gasteiger partial charge >= 0.3 is 6.18 Å². The minimum Gasteiger partial charge on any atom is -0.399 e. The van der Waals surface area contributed by atoms with Gasteiger partial charge in [0.05, 0.1) is 16.8 Å². The molecule has 1 amide bonds. The lowest BCUT2D eigenvalue weighted by molar-refractivity contribution is -0.137. The van der Waals surface area contributed by atoms with Crippen molar-refractivity contribution in [1.29, 1.82) is 0 Å². The zero-order valence-corrected chi connectivity index (χ0v) is 10.5. The Bertz CT molecular complexity index is 683. The molecule has 2 aromatic carbocycles. The van der Waals surface area contributed by atoms with Gasteiger partial charge in [0.25, 0.3) is 5.91 Å². The maximum Gasteiger partial charge on any atom is 0.417 e. The van der Waals surface area contributed by atoms with Crippen LogP contribution in [0.3, 0.4) is 0 Å². The van der Waals surface area contributed by atoms with Crippen LogP contribution in [0.25, 0.3) is 0 Å². The van der Waals surface area contributed by atoms with E-state index in [4.69, 9.17) is 5.73 Å². The number of nitrogens with one attached hydrogen (secondary N) is 1. The maximum absolute atomic E-state index is 13.5. The van der Waals surface area contributed by atoms with E-state index in [1.165, 1.54) is 24.3 Å². The first kappa shape index (κ1) is 14.8. The van der Waals surface area contributed by atoms with Gasteiger partial charge in [-0.2, -0.15) is 13.2 Å². The fourth-order valence-electron chi connectivity index (χ4n) is 1.75. The number of nitrogen functional groups attached to an aromatic ring is 1. The third-order valence-electron chi connectivity index (χ3n) is 2.72. The maximum atomic E-state index is 13.5. The average Bonchev–Trinajstić information content (AvgIpc) is 2.41. The Morgan fingerprint density at radius 3 is 2.38 bits per heavy atom. The third-order valence-corrected chi connectivity index (χ3v) is 2.72. The minimum absolute atomic E-state index is 0.140. The van der Waals surface area contributed by atoms with Crippen molar-refractivity contribution in [2.75, 3.05) is 11.1 Å². The quantitative estimate of drug-likeness (QED) is 0.656. The van der Waals surface area contributed by atoms with E-state index < -0.39 is 29.0 Å². The summed E-state index contributed by atoms with van der Waals surface area (Å²) in [7, 11) is 0. The van der Waals surface area contributed by atoms with E-state index in [1.807, 2.05) is 0 Å². The largest absolute Gasteiger partial charge is 0.417 e. The Morgan fingerprint density at radius 1 is 1.10 bits per heavy atom. The molecule has 0 atom stereocenters. The summed E-state index contributed by atoms with van der Waals surface area (Å²) in [5.41, 5.74) is 3.58. The lowest BCUT2D eigenvalue weighted by atomic mass is 10.1. The number of nitrogens with two attached hydrogens (primary N) is 1. The number of carbonyl (C=O) groups excluding carboxylic acids is 1. The van der Waals surface area contributed by atoms with Gasteiger partial charge in [-0.3, -0.25) is 4.79 Å². The highest BCUT2D eigenvalue weighted by atomic mass is 19.4. The summed E-state index contributed by atoms with van der Waals surface area (Å²) in [6.45, 7) is 0. The van der Waals surface area contributed by atoms with E-state index in [0.717, 1.165) is 18.2 Å². The van der Waals surface area contributed by atoms with Crippen LogP contribution in [0, 0.1) is 5.82 Å².